The molecule has 0 spiro atoms. The Morgan fingerprint density at radius 2 is 2.37 bits per heavy atom. The van der Waals surface area contributed by atoms with Gasteiger partial charge in [-0.3, -0.25) is 4.79 Å². The molecule has 7 heteroatoms. The number of likely N-dealkylation sites (N-methyl/N-ethyl adjacent to an activating group) is 1. The minimum atomic E-state index is -0.266. The van der Waals surface area contributed by atoms with Crippen LogP contribution in [0.3, 0.4) is 0 Å². The molecule has 104 valence electrons. The van der Waals surface area contributed by atoms with Crippen molar-refractivity contribution >= 4 is 11.7 Å². The van der Waals surface area contributed by atoms with Gasteiger partial charge in [-0.2, -0.15) is 4.98 Å². The Balaban J connectivity index is 2.31. The maximum Gasteiger partial charge on any atom is 0.243 e. The van der Waals surface area contributed by atoms with Gasteiger partial charge in [0.2, 0.25) is 11.8 Å². The van der Waals surface area contributed by atoms with Crippen LogP contribution in [-0.2, 0) is 4.79 Å². The summed E-state index contributed by atoms with van der Waals surface area (Å²) in [6, 6.07) is 1.49. The third kappa shape index (κ3) is 2.93. The van der Waals surface area contributed by atoms with Crippen LogP contribution >= 0.6 is 0 Å². The van der Waals surface area contributed by atoms with Crippen molar-refractivity contribution in [1.29, 1.82) is 0 Å². The monoisotopic (exact) mass is 265 g/mol. The smallest absolute Gasteiger partial charge is 0.243 e. The summed E-state index contributed by atoms with van der Waals surface area (Å²) in [5, 5.41) is 5.90. The van der Waals surface area contributed by atoms with E-state index >= 15 is 0 Å². The van der Waals surface area contributed by atoms with Gasteiger partial charge in [0.1, 0.15) is 17.7 Å². The molecule has 19 heavy (non-hydrogen) atoms. The van der Waals surface area contributed by atoms with E-state index in [0.717, 1.165) is 18.9 Å². The Morgan fingerprint density at radius 3 is 3.05 bits per heavy atom. The van der Waals surface area contributed by atoms with Gasteiger partial charge >= 0.3 is 0 Å². The van der Waals surface area contributed by atoms with Gasteiger partial charge in [0.15, 0.2) is 0 Å². The number of aromatic nitrogens is 2. The Labute approximate surface area is 112 Å². The number of hydrogen-bond acceptors (Lipinski definition) is 6. The van der Waals surface area contributed by atoms with Crippen LogP contribution in [0.4, 0.5) is 5.82 Å². The molecular weight excluding hydrogens is 246 g/mol. The first-order valence-corrected chi connectivity index (χ1v) is 6.24. The lowest BCUT2D eigenvalue weighted by molar-refractivity contribution is -0.122. The lowest BCUT2D eigenvalue weighted by atomic mass is 10.1. The molecule has 0 radical (unpaired) electrons. The van der Waals surface area contributed by atoms with Crippen molar-refractivity contribution in [1.82, 2.24) is 20.6 Å². The molecular formula is C12H19N5O2. The van der Waals surface area contributed by atoms with Gasteiger partial charge in [-0.05, 0) is 6.92 Å². The molecule has 1 aliphatic heterocycles. The zero-order valence-electron chi connectivity index (χ0n) is 11.4. The van der Waals surface area contributed by atoms with Crippen LogP contribution in [0.15, 0.2) is 6.07 Å². The second kappa shape index (κ2) is 5.83. The van der Waals surface area contributed by atoms with Crippen LogP contribution < -0.4 is 20.3 Å². The van der Waals surface area contributed by atoms with E-state index in [9.17, 15) is 4.79 Å². The maximum absolute atomic E-state index is 11.9. The molecule has 1 aliphatic rings. The molecule has 0 aliphatic carbocycles. The number of hydrogen-bond donors (Lipinski definition) is 2. The number of carbonyl (C=O) groups is 1. The molecule has 0 bridgehead atoms. The van der Waals surface area contributed by atoms with E-state index in [4.69, 9.17) is 4.74 Å². The predicted molar refractivity (Wildman–Crippen MR) is 71.4 cm³/mol. The van der Waals surface area contributed by atoms with Crippen molar-refractivity contribution in [2.75, 3.05) is 38.7 Å². The highest BCUT2D eigenvalue weighted by molar-refractivity contribution is 5.85. The molecule has 1 aromatic rings. The SMILES string of the molecule is CNC(=O)C1CNCCN1c1cc(OC)nc(C)n1. The quantitative estimate of drug-likeness (QED) is 0.754. The van der Waals surface area contributed by atoms with Crippen molar-refractivity contribution in [2.45, 2.75) is 13.0 Å². The number of nitrogens with zero attached hydrogens (tertiary/aromatic N) is 3. The number of methoxy groups -OCH3 is 1. The average molecular weight is 265 g/mol. The highest BCUT2D eigenvalue weighted by Crippen LogP contribution is 2.20. The van der Waals surface area contributed by atoms with Crippen LogP contribution in [0, 0.1) is 6.92 Å². The minimum Gasteiger partial charge on any atom is -0.481 e. The van der Waals surface area contributed by atoms with Crippen LogP contribution in [-0.4, -0.2) is 55.7 Å². The lowest BCUT2D eigenvalue weighted by Gasteiger charge is -2.35. The molecule has 0 saturated carbocycles. The summed E-state index contributed by atoms with van der Waals surface area (Å²) in [6.45, 7) is 3.95. The fraction of sp³-hybridized carbons (Fsp3) is 0.583. The third-order valence-corrected chi connectivity index (χ3v) is 3.10. The van der Waals surface area contributed by atoms with Gasteiger partial charge in [0, 0.05) is 32.7 Å². The maximum atomic E-state index is 11.9. The van der Waals surface area contributed by atoms with E-state index < -0.39 is 0 Å². The second-order valence-corrected chi connectivity index (χ2v) is 4.34. The highest BCUT2D eigenvalue weighted by atomic mass is 16.5. The zero-order valence-corrected chi connectivity index (χ0v) is 11.4. The van der Waals surface area contributed by atoms with Gasteiger partial charge in [-0.1, -0.05) is 0 Å². The van der Waals surface area contributed by atoms with Crippen LogP contribution in [0.1, 0.15) is 5.82 Å². The largest absolute Gasteiger partial charge is 0.481 e. The van der Waals surface area contributed by atoms with Gasteiger partial charge in [-0.25, -0.2) is 4.98 Å². The van der Waals surface area contributed by atoms with E-state index in [0.29, 0.717) is 18.2 Å². The Bertz CT molecular complexity index is 465. The minimum absolute atomic E-state index is 0.0255. The number of ether oxygens (including phenoxy) is 1. The Morgan fingerprint density at radius 1 is 1.58 bits per heavy atom. The number of nitrogens with one attached hydrogen (secondary N) is 2. The summed E-state index contributed by atoms with van der Waals surface area (Å²) in [4.78, 5) is 22.5. The average Bonchev–Trinajstić information content (AvgIpc) is 2.45. The second-order valence-electron chi connectivity index (χ2n) is 4.34. The highest BCUT2D eigenvalue weighted by Gasteiger charge is 2.29. The number of anilines is 1. The van der Waals surface area contributed by atoms with Crippen molar-refractivity contribution in [2.24, 2.45) is 0 Å². The van der Waals surface area contributed by atoms with Crippen molar-refractivity contribution in [3.05, 3.63) is 11.9 Å². The summed E-state index contributed by atoms with van der Waals surface area (Å²) >= 11 is 0. The molecule has 1 atom stereocenters. The first-order chi connectivity index (χ1) is 9.15. The molecule has 0 aromatic carbocycles. The topological polar surface area (TPSA) is 79.4 Å². The number of piperazine rings is 1. The molecule has 2 rings (SSSR count). The van der Waals surface area contributed by atoms with E-state index in [1.165, 1.54) is 0 Å². The summed E-state index contributed by atoms with van der Waals surface area (Å²) in [7, 11) is 3.21. The third-order valence-electron chi connectivity index (χ3n) is 3.10. The molecule has 2 N–H and O–H groups in total. The normalized spacial score (nSPS) is 19.1. The van der Waals surface area contributed by atoms with Gasteiger partial charge in [0.05, 0.1) is 7.11 Å². The van der Waals surface area contributed by atoms with Crippen LogP contribution in [0.25, 0.3) is 0 Å². The standard InChI is InChI=1S/C12H19N5O2/c1-8-15-10(6-11(16-8)19-3)17-5-4-14-7-9(17)12(18)13-2/h6,9,14H,4-5,7H2,1-3H3,(H,13,18). The first kappa shape index (κ1) is 13.5. The molecule has 7 nitrogen and oxygen atoms in total. The van der Waals surface area contributed by atoms with Crippen molar-refractivity contribution in [3.8, 4) is 5.88 Å². The van der Waals surface area contributed by atoms with Crippen LogP contribution in [0.2, 0.25) is 0 Å². The molecule has 1 saturated heterocycles. The molecule has 1 fully saturated rings. The fourth-order valence-corrected chi connectivity index (χ4v) is 2.16. The first-order valence-electron chi connectivity index (χ1n) is 6.24. The molecule has 2 heterocycles. The van der Waals surface area contributed by atoms with Gasteiger partial charge in [-0.15, -0.1) is 0 Å². The Hall–Kier alpha value is -1.89. The van der Waals surface area contributed by atoms with Crippen LogP contribution in [0.5, 0.6) is 5.88 Å². The molecule has 1 unspecified atom stereocenters. The predicted octanol–water partition coefficient (Wildman–Crippen LogP) is -0.682. The summed E-state index contributed by atoms with van der Waals surface area (Å²) in [5.74, 6) is 1.84. The van der Waals surface area contributed by atoms with E-state index in [1.807, 2.05) is 11.8 Å². The molecule has 1 amide bonds. The van der Waals surface area contributed by atoms with Gasteiger partial charge in [0.25, 0.3) is 0 Å². The zero-order chi connectivity index (χ0) is 13.8. The van der Waals surface area contributed by atoms with E-state index in [-0.39, 0.29) is 11.9 Å². The Kier molecular flexibility index (Phi) is 4.16. The van der Waals surface area contributed by atoms with E-state index in [2.05, 4.69) is 20.6 Å². The summed E-state index contributed by atoms with van der Waals surface area (Å²) in [5.41, 5.74) is 0. The number of rotatable bonds is 3. The molecule has 1 aromatic heterocycles. The van der Waals surface area contributed by atoms with Crippen molar-refractivity contribution < 1.29 is 9.53 Å². The number of carbonyl (C=O) groups excluding carboxylic acids is 1. The fourth-order valence-electron chi connectivity index (χ4n) is 2.16. The lowest BCUT2D eigenvalue weighted by Crippen LogP contribution is -2.58. The van der Waals surface area contributed by atoms with E-state index in [1.54, 1.807) is 20.2 Å². The summed E-state index contributed by atoms with van der Waals surface area (Å²) < 4.78 is 5.15. The number of aryl methyl sites for hydroxylation is 1. The van der Waals surface area contributed by atoms with Crippen molar-refractivity contribution in [3.63, 3.8) is 0 Å². The summed E-state index contributed by atoms with van der Waals surface area (Å²) in [6.07, 6.45) is 0. The number of amides is 1. The van der Waals surface area contributed by atoms with Gasteiger partial charge < -0.3 is 20.3 Å².